The van der Waals surface area contributed by atoms with Crippen LogP contribution in [0.15, 0.2) is 12.2 Å². The lowest BCUT2D eigenvalue weighted by Crippen LogP contribution is -1.84. The van der Waals surface area contributed by atoms with Crippen LogP contribution >= 0.6 is 0 Å². The molecule has 0 amide bonds. The van der Waals surface area contributed by atoms with Crippen molar-refractivity contribution in [3.63, 3.8) is 0 Å². The van der Waals surface area contributed by atoms with Crippen molar-refractivity contribution in [2.24, 2.45) is 0 Å². The fraction of sp³-hybridized carbons (Fsp3) is 0.912. The minimum Gasteiger partial charge on any atom is -0.0885 e. The van der Waals surface area contributed by atoms with Gasteiger partial charge in [-0.15, -0.1) is 0 Å². The molecule has 0 N–H and O–H groups in total. The van der Waals surface area contributed by atoms with E-state index in [1.54, 1.807) is 0 Å². The van der Waals surface area contributed by atoms with Gasteiger partial charge in [-0.05, 0) is 25.7 Å². The highest BCUT2D eigenvalue weighted by Gasteiger charge is 1.96. The summed E-state index contributed by atoms with van der Waals surface area (Å²) in [5, 5.41) is 0. The summed E-state index contributed by atoms with van der Waals surface area (Å²) < 4.78 is 0. The van der Waals surface area contributed by atoms with Crippen LogP contribution in [0.5, 0.6) is 0 Å². The van der Waals surface area contributed by atoms with Crippen molar-refractivity contribution in [2.45, 2.75) is 200 Å². The molecular weight excluding hydrogens is 408 g/mol. The molecule has 0 aliphatic heterocycles. The predicted molar refractivity (Wildman–Crippen MR) is 159 cm³/mol. The predicted octanol–water partition coefficient (Wildman–Crippen LogP) is 13.1. The lowest BCUT2D eigenvalue weighted by atomic mass is 10.0. The molecule has 0 nitrogen and oxygen atoms in total. The van der Waals surface area contributed by atoms with E-state index in [0.29, 0.717) is 0 Å². The van der Waals surface area contributed by atoms with Gasteiger partial charge in [0.1, 0.15) is 0 Å². The van der Waals surface area contributed by atoms with Gasteiger partial charge in [-0.1, -0.05) is 193 Å². The van der Waals surface area contributed by atoms with Gasteiger partial charge in [0, 0.05) is 0 Å². The molecule has 0 aliphatic rings. The normalized spacial score (nSPS) is 11.7. The lowest BCUT2D eigenvalue weighted by molar-refractivity contribution is 0.518. The summed E-state index contributed by atoms with van der Waals surface area (Å²) in [6.45, 7) is 6.21. The van der Waals surface area contributed by atoms with Crippen molar-refractivity contribution < 1.29 is 0 Å². The Balaban J connectivity index is 3.04. The summed E-state index contributed by atoms with van der Waals surface area (Å²) in [7, 11) is 0. The molecule has 0 aromatic rings. The van der Waals surface area contributed by atoms with Crippen molar-refractivity contribution >= 4 is 0 Å². The van der Waals surface area contributed by atoms with Crippen molar-refractivity contribution in [3.8, 4) is 0 Å². The second-order valence-corrected chi connectivity index (χ2v) is 11.1. The third-order valence-corrected chi connectivity index (χ3v) is 7.51. The maximum absolute atomic E-state index is 3.91. The second-order valence-electron chi connectivity index (χ2n) is 11.1. The molecule has 34 heavy (non-hydrogen) atoms. The maximum Gasteiger partial charge on any atom is -0.0351 e. The van der Waals surface area contributed by atoms with Gasteiger partial charge >= 0.3 is 0 Å². The van der Waals surface area contributed by atoms with Crippen LogP contribution in [-0.4, -0.2) is 0 Å². The molecule has 0 atom stereocenters. The van der Waals surface area contributed by atoms with E-state index in [9.17, 15) is 0 Å². The average Bonchev–Trinajstić information content (AvgIpc) is 2.85. The van der Waals surface area contributed by atoms with Gasteiger partial charge < -0.3 is 0 Å². The summed E-state index contributed by atoms with van der Waals surface area (Å²) in [6, 6.07) is 0. The number of rotatable bonds is 30. The smallest absolute Gasteiger partial charge is 0.0351 e. The molecular formula is C34H67. The first-order valence-corrected chi connectivity index (χ1v) is 16.4. The SMILES string of the molecule is [CH2]CCCCCC/C=C\CCCCCCCCCCCCCCCCCCCCCCCCC. The first-order valence-electron chi connectivity index (χ1n) is 16.4. The van der Waals surface area contributed by atoms with Crippen molar-refractivity contribution in [1.82, 2.24) is 0 Å². The van der Waals surface area contributed by atoms with Crippen LogP contribution in [0.25, 0.3) is 0 Å². The summed E-state index contributed by atoms with van der Waals surface area (Å²) in [6.07, 6.45) is 47.8. The molecule has 0 rings (SSSR count). The van der Waals surface area contributed by atoms with Crippen LogP contribution < -0.4 is 0 Å². The highest BCUT2D eigenvalue weighted by Crippen LogP contribution is 2.15. The Morgan fingerprint density at radius 2 is 0.559 bits per heavy atom. The molecule has 0 saturated heterocycles. The Kier molecular flexibility index (Phi) is 32.5. The van der Waals surface area contributed by atoms with Gasteiger partial charge in [-0.25, -0.2) is 0 Å². The van der Waals surface area contributed by atoms with Crippen LogP contribution in [0.1, 0.15) is 200 Å². The third kappa shape index (κ3) is 31.7. The quantitative estimate of drug-likeness (QED) is 0.0715. The van der Waals surface area contributed by atoms with E-state index in [4.69, 9.17) is 0 Å². The molecule has 0 aromatic carbocycles. The number of unbranched alkanes of at least 4 members (excludes halogenated alkanes) is 28. The lowest BCUT2D eigenvalue weighted by Gasteiger charge is -2.04. The van der Waals surface area contributed by atoms with E-state index in [1.165, 1.54) is 186 Å². The standard InChI is InChI=1S/C34H67/c1-3-5-7-9-11-13-15-17-19-21-23-25-27-29-31-33-34-32-30-28-26-24-22-20-18-16-14-12-10-8-6-4-2/h15,17H,1,3-14,16,18-34H2,2H3/b17-15-. The summed E-state index contributed by atoms with van der Waals surface area (Å²) in [5.41, 5.74) is 0. The molecule has 0 unspecified atom stereocenters. The van der Waals surface area contributed by atoms with Crippen LogP contribution in [0.3, 0.4) is 0 Å². The molecule has 0 fully saturated rings. The van der Waals surface area contributed by atoms with E-state index >= 15 is 0 Å². The van der Waals surface area contributed by atoms with E-state index in [0.717, 1.165) is 6.42 Å². The fourth-order valence-corrected chi connectivity index (χ4v) is 5.08. The fourth-order valence-electron chi connectivity index (χ4n) is 5.08. The third-order valence-electron chi connectivity index (χ3n) is 7.51. The zero-order valence-corrected chi connectivity index (χ0v) is 24.1. The first-order chi connectivity index (χ1) is 16.9. The van der Waals surface area contributed by atoms with E-state index in [2.05, 4.69) is 26.0 Å². The highest BCUT2D eigenvalue weighted by molar-refractivity contribution is 4.81. The first kappa shape index (κ1) is 33.7. The summed E-state index contributed by atoms with van der Waals surface area (Å²) >= 11 is 0. The van der Waals surface area contributed by atoms with E-state index in [-0.39, 0.29) is 0 Å². The van der Waals surface area contributed by atoms with Gasteiger partial charge in [0.2, 0.25) is 0 Å². The average molecular weight is 476 g/mol. The van der Waals surface area contributed by atoms with Gasteiger partial charge in [-0.3, -0.25) is 0 Å². The van der Waals surface area contributed by atoms with Crippen molar-refractivity contribution in [3.05, 3.63) is 19.1 Å². The molecule has 0 aromatic heterocycles. The molecule has 203 valence electrons. The van der Waals surface area contributed by atoms with Gasteiger partial charge in [0.25, 0.3) is 0 Å². The largest absolute Gasteiger partial charge is 0.0885 e. The monoisotopic (exact) mass is 476 g/mol. The van der Waals surface area contributed by atoms with E-state index < -0.39 is 0 Å². The molecule has 0 heteroatoms. The topological polar surface area (TPSA) is 0 Å². The van der Waals surface area contributed by atoms with Crippen molar-refractivity contribution in [2.75, 3.05) is 0 Å². The molecule has 0 spiro atoms. The molecule has 0 saturated carbocycles. The van der Waals surface area contributed by atoms with Crippen molar-refractivity contribution in [1.29, 1.82) is 0 Å². The van der Waals surface area contributed by atoms with Gasteiger partial charge in [0.05, 0.1) is 0 Å². The number of hydrogen-bond acceptors (Lipinski definition) is 0. The second kappa shape index (κ2) is 32.7. The maximum atomic E-state index is 3.91. The molecule has 0 heterocycles. The number of hydrogen-bond donors (Lipinski definition) is 0. The van der Waals surface area contributed by atoms with Gasteiger partial charge in [-0.2, -0.15) is 0 Å². The molecule has 0 aliphatic carbocycles. The Morgan fingerprint density at radius 3 is 0.824 bits per heavy atom. The zero-order valence-electron chi connectivity index (χ0n) is 24.1. The minimum absolute atomic E-state index is 1.11. The van der Waals surface area contributed by atoms with Crippen LogP contribution in [0, 0.1) is 6.92 Å². The highest BCUT2D eigenvalue weighted by atomic mass is 14.0. The minimum atomic E-state index is 1.11. The van der Waals surface area contributed by atoms with Crippen LogP contribution in [0.2, 0.25) is 0 Å². The Bertz CT molecular complexity index is 355. The van der Waals surface area contributed by atoms with Crippen LogP contribution in [-0.2, 0) is 0 Å². The Hall–Kier alpha value is -0.260. The van der Waals surface area contributed by atoms with Crippen LogP contribution in [0.4, 0.5) is 0 Å². The Labute approximate surface area is 218 Å². The summed E-state index contributed by atoms with van der Waals surface area (Å²) in [4.78, 5) is 0. The van der Waals surface area contributed by atoms with Gasteiger partial charge in [0.15, 0.2) is 0 Å². The zero-order chi connectivity index (χ0) is 24.6. The molecule has 1 radical (unpaired) electrons. The Morgan fingerprint density at radius 1 is 0.324 bits per heavy atom. The van der Waals surface area contributed by atoms with E-state index in [1.807, 2.05) is 0 Å². The number of allylic oxidation sites excluding steroid dienone is 2. The summed E-state index contributed by atoms with van der Waals surface area (Å²) in [5.74, 6) is 0. The molecule has 0 bridgehead atoms.